The van der Waals surface area contributed by atoms with Crippen molar-refractivity contribution in [1.82, 2.24) is 0 Å². The van der Waals surface area contributed by atoms with Crippen LogP contribution in [0.5, 0.6) is 0 Å². The molecule has 20 heavy (non-hydrogen) atoms. The van der Waals surface area contributed by atoms with Crippen molar-refractivity contribution in [2.24, 2.45) is 5.92 Å². The van der Waals surface area contributed by atoms with Crippen molar-refractivity contribution in [3.63, 3.8) is 0 Å². The Hall–Kier alpha value is -1.24. The maximum absolute atomic E-state index is 13.2. The third-order valence-corrected chi connectivity index (χ3v) is 4.36. The summed E-state index contributed by atoms with van der Waals surface area (Å²) < 4.78 is 55.5. The molecule has 0 saturated heterocycles. The fourth-order valence-electron chi connectivity index (χ4n) is 2.01. The van der Waals surface area contributed by atoms with Crippen molar-refractivity contribution in [1.29, 1.82) is 0 Å². The third-order valence-electron chi connectivity index (χ3n) is 3.13. The summed E-state index contributed by atoms with van der Waals surface area (Å²) in [6, 6.07) is 2.48. The van der Waals surface area contributed by atoms with Gasteiger partial charge in [-0.2, -0.15) is 13.2 Å². The largest absolute Gasteiger partial charge is 0.469 e. The Bertz CT molecular complexity index is 510. The maximum atomic E-state index is 13.2. The number of rotatable bonds is 3. The molecule has 1 aromatic rings. The minimum atomic E-state index is -4.56. The van der Waals surface area contributed by atoms with Crippen LogP contribution in [0.15, 0.2) is 23.1 Å². The predicted octanol–water partition coefficient (Wildman–Crippen LogP) is 3.89. The number of esters is 1. The second kappa shape index (κ2) is 5.63. The Labute approximate surface area is 117 Å². The van der Waals surface area contributed by atoms with E-state index in [9.17, 15) is 22.4 Å². The first-order valence-corrected chi connectivity index (χ1v) is 6.80. The number of hydrogen-bond acceptors (Lipinski definition) is 3. The standard InChI is InChI=1S/C13H12F4O2S/c1-19-12(18)7-2-10(3-7)20-11-5-8(13(15,16)17)4-9(14)6-11/h4-7,10H,2-3H2,1H3/t7-,10+. The Morgan fingerprint density at radius 2 is 1.95 bits per heavy atom. The molecule has 0 radical (unpaired) electrons. The summed E-state index contributed by atoms with van der Waals surface area (Å²) in [7, 11) is 1.30. The summed E-state index contributed by atoms with van der Waals surface area (Å²) in [5.41, 5.74) is -0.996. The summed E-state index contributed by atoms with van der Waals surface area (Å²) in [5.74, 6) is -1.42. The second-order valence-corrected chi connectivity index (χ2v) is 5.98. The molecule has 110 valence electrons. The van der Waals surface area contributed by atoms with Gasteiger partial charge >= 0.3 is 12.1 Å². The fraction of sp³-hybridized carbons (Fsp3) is 0.462. The van der Waals surface area contributed by atoms with Gasteiger partial charge in [-0.05, 0) is 31.0 Å². The first kappa shape index (κ1) is 15.2. The number of hydrogen-bond donors (Lipinski definition) is 0. The van der Waals surface area contributed by atoms with Crippen LogP contribution in [0.25, 0.3) is 0 Å². The number of halogens is 4. The molecule has 2 nitrogen and oxygen atoms in total. The van der Waals surface area contributed by atoms with E-state index in [0.29, 0.717) is 18.9 Å². The van der Waals surface area contributed by atoms with E-state index >= 15 is 0 Å². The van der Waals surface area contributed by atoms with E-state index in [4.69, 9.17) is 0 Å². The van der Waals surface area contributed by atoms with E-state index in [1.165, 1.54) is 7.11 Å². The van der Waals surface area contributed by atoms with Crippen LogP contribution in [-0.2, 0) is 15.7 Å². The molecule has 2 rings (SSSR count). The lowest BCUT2D eigenvalue weighted by atomic mass is 9.85. The van der Waals surface area contributed by atoms with Crippen LogP contribution in [0.3, 0.4) is 0 Å². The normalized spacial score (nSPS) is 22.2. The molecule has 7 heteroatoms. The number of methoxy groups -OCH3 is 1. The van der Waals surface area contributed by atoms with Crippen molar-refractivity contribution < 1.29 is 27.1 Å². The minimum absolute atomic E-state index is 0.0157. The van der Waals surface area contributed by atoms with Crippen LogP contribution in [0.1, 0.15) is 18.4 Å². The highest BCUT2D eigenvalue weighted by Gasteiger charge is 2.36. The molecule has 0 N–H and O–H groups in total. The van der Waals surface area contributed by atoms with E-state index in [1.807, 2.05) is 0 Å². The van der Waals surface area contributed by atoms with Crippen LogP contribution >= 0.6 is 11.8 Å². The van der Waals surface area contributed by atoms with Crippen molar-refractivity contribution in [2.45, 2.75) is 29.2 Å². The molecule has 0 aliphatic heterocycles. The van der Waals surface area contributed by atoms with Gasteiger partial charge in [-0.3, -0.25) is 4.79 Å². The van der Waals surface area contributed by atoms with Gasteiger partial charge in [-0.25, -0.2) is 4.39 Å². The Morgan fingerprint density at radius 1 is 1.30 bits per heavy atom. The summed E-state index contributed by atoms with van der Waals surface area (Å²) in [5, 5.41) is 0.0157. The van der Waals surface area contributed by atoms with E-state index in [2.05, 4.69) is 4.74 Å². The van der Waals surface area contributed by atoms with Gasteiger partial charge in [0, 0.05) is 10.1 Å². The summed E-state index contributed by atoms with van der Waals surface area (Å²) in [4.78, 5) is 11.4. The highest BCUT2D eigenvalue weighted by molar-refractivity contribution is 8.00. The van der Waals surface area contributed by atoms with Crippen molar-refractivity contribution in [3.8, 4) is 0 Å². The van der Waals surface area contributed by atoms with Gasteiger partial charge in [0.1, 0.15) is 5.82 Å². The van der Waals surface area contributed by atoms with Crippen molar-refractivity contribution >= 4 is 17.7 Å². The molecule has 0 spiro atoms. The Kier molecular flexibility index (Phi) is 4.27. The molecule has 0 aromatic heterocycles. The van der Waals surface area contributed by atoms with Crippen molar-refractivity contribution in [2.75, 3.05) is 7.11 Å². The number of benzene rings is 1. The Balaban J connectivity index is 2.01. The zero-order valence-electron chi connectivity index (χ0n) is 10.5. The van der Waals surface area contributed by atoms with Crippen LogP contribution in [0.4, 0.5) is 17.6 Å². The van der Waals surface area contributed by atoms with E-state index in [-0.39, 0.29) is 22.0 Å². The molecular weight excluding hydrogens is 296 g/mol. The summed E-state index contributed by atoms with van der Waals surface area (Å²) >= 11 is 1.16. The average Bonchev–Trinajstić information content (AvgIpc) is 2.30. The SMILES string of the molecule is COC(=O)[C@H]1C[C@@H](Sc2cc(F)cc(C(F)(F)F)c2)C1. The van der Waals surface area contributed by atoms with Gasteiger partial charge in [-0.1, -0.05) is 0 Å². The molecular formula is C13H12F4O2S. The first-order chi connectivity index (χ1) is 9.29. The zero-order valence-corrected chi connectivity index (χ0v) is 11.4. The number of carbonyl (C=O) groups is 1. The van der Waals surface area contributed by atoms with Gasteiger partial charge in [0.25, 0.3) is 0 Å². The highest BCUT2D eigenvalue weighted by Crippen LogP contribution is 2.42. The molecule has 1 aliphatic carbocycles. The molecule has 1 saturated carbocycles. The second-order valence-electron chi connectivity index (χ2n) is 4.60. The van der Waals surface area contributed by atoms with Crippen LogP contribution in [-0.4, -0.2) is 18.3 Å². The topological polar surface area (TPSA) is 26.3 Å². The van der Waals surface area contributed by atoms with Gasteiger partial charge in [0.05, 0.1) is 18.6 Å². The maximum Gasteiger partial charge on any atom is 0.416 e. The molecule has 0 heterocycles. The lowest BCUT2D eigenvalue weighted by Crippen LogP contribution is -2.33. The van der Waals surface area contributed by atoms with Gasteiger partial charge in [0.2, 0.25) is 0 Å². The van der Waals surface area contributed by atoms with Gasteiger partial charge < -0.3 is 4.74 Å². The molecule has 0 atom stereocenters. The number of alkyl halides is 3. The molecule has 1 fully saturated rings. The number of ether oxygens (including phenoxy) is 1. The fourth-order valence-corrected chi connectivity index (χ4v) is 3.43. The summed E-state index contributed by atoms with van der Waals surface area (Å²) in [6.45, 7) is 0. The summed E-state index contributed by atoms with van der Waals surface area (Å²) in [6.07, 6.45) is -3.49. The number of thioether (sulfide) groups is 1. The van der Waals surface area contributed by atoms with Gasteiger partial charge in [-0.15, -0.1) is 11.8 Å². The van der Waals surface area contributed by atoms with Crippen LogP contribution in [0.2, 0.25) is 0 Å². The minimum Gasteiger partial charge on any atom is -0.469 e. The van der Waals surface area contributed by atoms with Crippen LogP contribution in [0, 0.1) is 11.7 Å². The van der Waals surface area contributed by atoms with Crippen LogP contribution < -0.4 is 0 Å². The monoisotopic (exact) mass is 308 g/mol. The van der Waals surface area contributed by atoms with E-state index in [1.54, 1.807) is 0 Å². The third kappa shape index (κ3) is 3.45. The first-order valence-electron chi connectivity index (χ1n) is 5.92. The van der Waals surface area contributed by atoms with E-state index < -0.39 is 17.6 Å². The number of carbonyl (C=O) groups excluding carboxylic acids is 1. The van der Waals surface area contributed by atoms with Gasteiger partial charge in [0.15, 0.2) is 0 Å². The quantitative estimate of drug-likeness (QED) is 0.626. The molecule has 0 amide bonds. The van der Waals surface area contributed by atoms with E-state index in [0.717, 1.165) is 23.9 Å². The molecule has 0 bridgehead atoms. The zero-order chi connectivity index (χ0) is 14.9. The lowest BCUT2D eigenvalue weighted by molar-refractivity contribution is -0.148. The Morgan fingerprint density at radius 3 is 2.50 bits per heavy atom. The highest BCUT2D eigenvalue weighted by atomic mass is 32.2. The molecule has 1 aliphatic rings. The van der Waals surface area contributed by atoms with Crippen molar-refractivity contribution in [3.05, 3.63) is 29.6 Å². The smallest absolute Gasteiger partial charge is 0.416 e. The molecule has 0 unspecified atom stereocenters. The lowest BCUT2D eigenvalue weighted by Gasteiger charge is -2.32. The average molecular weight is 308 g/mol. The molecule has 1 aromatic carbocycles. The predicted molar refractivity (Wildman–Crippen MR) is 65.8 cm³/mol.